The number of rotatable bonds is 9. The summed E-state index contributed by atoms with van der Waals surface area (Å²) in [6, 6.07) is 24.0. The highest BCUT2D eigenvalue weighted by molar-refractivity contribution is 7.90. The Kier molecular flexibility index (Phi) is 8.24. The second-order valence-electron chi connectivity index (χ2n) is 9.85. The molecule has 0 unspecified atom stereocenters. The largest absolute Gasteiger partial charge is 0.494 e. The molecule has 1 aliphatic rings. The van der Waals surface area contributed by atoms with Crippen molar-refractivity contribution < 1.29 is 17.9 Å². The van der Waals surface area contributed by atoms with Gasteiger partial charge in [0.2, 0.25) is 0 Å². The molecule has 5 rings (SSSR count). The molecule has 2 heterocycles. The van der Waals surface area contributed by atoms with E-state index in [0.717, 1.165) is 43.8 Å². The number of ether oxygens (including phenoxy) is 1. The quantitative estimate of drug-likeness (QED) is 0.297. The van der Waals surface area contributed by atoms with Crippen molar-refractivity contribution in [1.29, 1.82) is 0 Å². The smallest absolute Gasteiger partial charge is 0.253 e. The standard InChI is InChI=1S/C31H33N3O4S/c1-2-21-38-28-14-10-24(11-15-28)22-33-17-19-34(20-18-33)31(35)27-12-8-25(9-13-27)23-39(36,37)29-7-3-5-26-6-4-16-32-30(26)29/h3-16H,2,17-23H2,1H3. The van der Waals surface area contributed by atoms with Gasteiger partial charge in [-0.15, -0.1) is 0 Å². The highest BCUT2D eigenvalue weighted by Crippen LogP contribution is 2.24. The summed E-state index contributed by atoms with van der Waals surface area (Å²) in [7, 11) is -3.60. The topological polar surface area (TPSA) is 79.8 Å². The minimum atomic E-state index is -3.60. The maximum absolute atomic E-state index is 13.2. The molecule has 4 aromatic rings. The Morgan fingerprint density at radius 1 is 0.872 bits per heavy atom. The number of piperazine rings is 1. The molecule has 0 radical (unpaired) electrons. The van der Waals surface area contributed by atoms with E-state index in [-0.39, 0.29) is 16.6 Å². The van der Waals surface area contributed by atoms with Crippen LogP contribution in [0.25, 0.3) is 10.9 Å². The van der Waals surface area contributed by atoms with Crippen LogP contribution in [0, 0.1) is 0 Å². The van der Waals surface area contributed by atoms with Crippen LogP contribution in [0.15, 0.2) is 90.0 Å². The predicted molar refractivity (Wildman–Crippen MR) is 152 cm³/mol. The Hall–Kier alpha value is -3.75. The van der Waals surface area contributed by atoms with Crippen LogP contribution in [0.5, 0.6) is 5.75 Å². The molecule has 1 fully saturated rings. The molecule has 202 valence electrons. The Bertz CT molecular complexity index is 1520. The molecule has 1 saturated heterocycles. The van der Waals surface area contributed by atoms with E-state index in [1.54, 1.807) is 48.7 Å². The van der Waals surface area contributed by atoms with Crippen LogP contribution in [0.3, 0.4) is 0 Å². The van der Waals surface area contributed by atoms with Gasteiger partial charge in [0.05, 0.1) is 22.8 Å². The monoisotopic (exact) mass is 543 g/mol. The van der Waals surface area contributed by atoms with E-state index in [9.17, 15) is 13.2 Å². The SMILES string of the molecule is CCCOc1ccc(CN2CCN(C(=O)c3ccc(CS(=O)(=O)c4cccc5cccnc45)cc3)CC2)cc1. The summed E-state index contributed by atoms with van der Waals surface area (Å²) >= 11 is 0. The highest BCUT2D eigenvalue weighted by Gasteiger charge is 2.23. The fourth-order valence-electron chi connectivity index (χ4n) is 4.83. The van der Waals surface area contributed by atoms with Crippen molar-refractivity contribution in [3.05, 3.63) is 102 Å². The van der Waals surface area contributed by atoms with Gasteiger partial charge in [0, 0.05) is 49.9 Å². The second kappa shape index (κ2) is 12.0. The van der Waals surface area contributed by atoms with Crippen molar-refractivity contribution in [2.24, 2.45) is 0 Å². The van der Waals surface area contributed by atoms with E-state index in [1.807, 2.05) is 29.2 Å². The van der Waals surface area contributed by atoms with Crippen LogP contribution in [0.2, 0.25) is 0 Å². The summed E-state index contributed by atoms with van der Waals surface area (Å²) < 4.78 is 32.0. The van der Waals surface area contributed by atoms with Gasteiger partial charge in [-0.05, 0) is 53.9 Å². The minimum absolute atomic E-state index is 0.0280. The molecule has 39 heavy (non-hydrogen) atoms. The van der Waals surface area contributed by atoms with Crippen molar-refractivity contribution >= 4 is 26.6 Å². The molecular formula is C31H33N3O4S. The zero-order valence-electron chi connectivity index (χ0n) is 22.1. The summed E-state index contributed by atoms with van der Waals surface area (Å²) in [5, 5.41) is 0.787. The average molecular weight is 544 g/mol. The van der Waals surface area contributed by atoms with E-state index in [2.05, 4.69) is 28.9 Å². The van der Waals surface area contributed by atoms with Gasteiger partial charge in [-0.3, -0.25) is 14.7 Å². The molecule has 0 bridgehead atoms. The Balaban J connectivity index is 1.16. The number of amides is 1. The van der Waals surface area contributed by atoms with E-state index in [1.165, 1.54) is 5.56 Å². The lowest BCUT2D eigenvalue weighted by atomic mass is 10.1. The van der Waals surface area contributed by atoms with Crippen molar-refractivity contribution in [3.8, 4) is 5.75 Å². The van der Waals surface area contributed by atoms with Crippen molar-refractivity contribution in [2.75, 3.05) is 32.8 Å². The number of hydrogen-bond donors (Lipinski definition) is 0. The number of benzene rings is 3. The number of para-hydroxylation sites is 1. The normalized spacial score (nSPS) is 14.4. The van der Waals surface area contributed by atoms with Crippen molar-refractivity contribution in [1.82, 2.24) is 14.8 Å². The molecular weight excluding hydrogens is 510 g/mol. The molecule has 7 nitrogen and oxygen atoms in total. The molecule has 0 aliphatic carbocycles. The zero-order chi connectivity index (χ0) is 27.2. The second-order valence-corrected chi connectivity index (χ2v) is 11.8. The lowest BCUT2D eigenvalue weighted by Crippen LogP contribution is -2.48. The van der Waals surface area contributed by atoms with Crippen molar-refractivity contribution in [2.45, 2.75) is 30.5 Å². The highest BCUT2D eigenvalue weighted by atomic mass is 32.2. The van der Waals surface area contributed by atoms with Crippen LogP contribution in [-0.2, 0) is 22.1 Å². The van der Waals surface area contributed by atoms with Crippen LogP contribution in [0.4, 0.5) is 0 Å². The van der Waals surface area contributed by atoms with Gasteiger partial charge < -0.3 is 9.64 Å². The van der Waals surface area contributed by atoms with Crippen LogP contribution < -0.4 is 4.74 Å². The number of hydrogen-bond acceptors (Lipinski definition) is 6. The maximum Gasteiger partial charge on any atom is 0.253 e. The molecule has 0 spiro atoms. The fraction of sp³-hybridized carbons (Fsp3) is 0.290. The molecule has 0 N–H and O–H groups in total. The van der Waals surface area contributed by atoms with Gasteiger partial charge in [0.1, 0.15) is 5.75 Å². The molecule has 1 aliphatic heterocycles. The summed E-state index contributed by atoms with van der Waals surface area (Å²) in [6.45, 7) is 6.56. The molecule has 3 aromatic carbocycles. The van der Waals surface area contributed by atoms with E-state index < -0.39 is 9.84 Å². The molecule has 8 heteroatoms. The van der Waals surface area contributed by atoms with Gasteiger partial charge in [0.15, 0.2) is 9.84 Å². The Morgan fingerprint density at radius 3 is 2.28 bits per heavy atom. The lowest BCUT2D eigenvalue weighted by Gasteiger charge is -2.34. The first kappa shape index (κ1) is 26.8. The summed E-state index contributed by atoms with van der Waals surface area (Å²) in [5.41, 5.74) is 2.90. The van der Waals surface area contributed by atoms with Crippen LogP contribution in [0.1, 0.15) is 34.8 Å². The Labute approximate surface area is 230 Å². The number of fused-ring (bicyclic) bond motifs is 1. The van der Waals surface area contributed by atoms with Gasteiger partial charge in [-0.1, -0.05) is 49.4 Å². The van der Waals surface area contributed by atoms with Crippen LogP contribution in [-0.4, -0.2) is 61.9 Å². The third kappa shape index (κ3) is 6.46. The lowest BCUT2D eigenvalue weighted by molar-refractivity contribution is 0.0628. The van der Waals surface area contributed by atoms with E-state index in [4.69, 9.17) is 4.74 Å². The number of nitrogens with zero attached hydrogens (tertiary/aromatic N) is 3. The fourth-order valence-corrected chi connectivity index (χ4v) is 6.37. The first-order valence-corrected chi connectivity index (χ1v) is 15.0. The van der Waals surface area contributed by atoms with Crippen LogP contribution >= 0.6 is 0 Å². The number of pyridine rings is 1. The van der Waals surface area contributed by atoms with Gasteiger partial charge in [-0.25, -0.2) is 8.42 Å². The number of aromatic nitrogens is 1. The van der Waals surface area contributed by atoms with E-state index >= 15 is 0 Å². The molecule has 0 saturated carbocycles. The summed E-state index contributed by atoms with van der Waals surface area (Å²) in [6.07, 6.45) is 2.59. The zero-order valence-corrected chi connectivity index (χ0v) is 22.9. The van der Waals surface area contributed by atoms with Gasteiger partial charge in [-0.2, -0.15) is 0 Å². The number of sulfone groups is 1. The van der Waals surface area contributed by atoms with Gasteiger partial charge in [0.25, 0.3) is 5.91 Å². The van der Waals surface area contributed by atoms with E-state index in [0.29, 0.717) is 29.7 Å². The van der Waals surface area contributed by atoms with Gasteiger partial charge >= 0.3 is 0 Å². The molecule has 1 aromatic heterocycles. The predicted octanol–water partition coefficient (Wildman–Crippen LogP) is 4.96. The summed E-state index contributed by atoms with van der Waals surface area (Å²) in [4.78, 5) is 21.8. The Morgan fingerprint density at radius 2 is 1.56 bits per heavy atom. The summed E-state index contributed by atoms with van der Waals surface area (Å²) in [5.74, 6) is 0.714. The molecule has 0 atom stereocenters. The number of carbonyl (C=O) groups is 1. The maximum atomic E-state index is 13.2. The molecule has 1 amide bonds. The third-order valence-corrected chi connectivity index (χ3v) is 8.66. The van der Waals surface area contributed by atoms with Crippen molar-refractivity contribution in [3.63, 3.8) is 0 Å². The third-order valence-electron chi connectivity index (χ3n) is 6.95. The number of carbonyl (C=O) groups excluding carboxylic acids is 1. The minimum Gasteiger partial charge on any atom is -0.494 e. The average Bonchev–Trinajstić information content (AvgIpc) is 2.97. The first-order chi connectivity index (χ1) is 18.9. The first-order valence-electron chi connectivity index (χ1n) is 13.3.